The first kappa shape index (κ1) is 19.5. The number of halogens is 1. The Kier molecular flexibility index (Phi) is 6.37. The smallest absolute Gasteiger partial charge is 0.258 e. The van der Waals surface area contributed by atoms with Crippen LogP contribution in [-0.4, -0.2) is 33.9 Å². The Hall–Kier alpha value is -3.22. The van der Waals surface area contributed by atoms with Crippen molar-refractivity contribution in [2.24, 2.45) is 0 Å². The number of aromatic nitrogens is 2. The number of benzene rings is 2. The maximum absolute atomic E-state index is 13.5. The Morgan fingerprint density at radius 3 is 2.71 bits per heavy atom. The third kappa shape index (κ3) is 4.73. The van der Waals surface area contributed by atoms with Crippen molar-refractivity contribution < 1.29 is 13.9 Å². The summed E-state index contributed by atoms with van der Waals surface area (Å²) in [5, 5.41) is 0.519. The van der Waals surface area contributed by atoms with E-state index in [0.717, 1.165) is 0 Å². The number of carbonyl (C=O) groups is 1. The molecule has 0 saturated carbocycles. The van der Waals surface area contributed by atoms with E-state index in [1.165, 1.54) is 6.07 Å². The van der Waals surface area contributed by atoms with Gasteiger partial charge in [-0.2, -0.15) is 0 Å². The highest BCUT2D eigenvalue weighted by Crippen LogP contribution is 2.16. The number of hydrogen-bond acceptors (Lipinski definition) is 4. The van der Waals surface area contributed by atoms with Crippen molar-refractivity contribution >= 4 is 16.8 Å². The molecule has 1 heterocycles. The zero-order valence-corrected chi connectivity index (χ0v) is 15.7. The molecule has 0 fully saturated rings. The SMILES string of the molecule is CCN(Cc1nc2ccccc2c(=O)[nH]1)C(=O)CCCOc1ccccc1F. The normalized spacial score (nSPS) is 10.8. The second-order valence-corrected chi connectivity index (χ2v) is 6.32. The third-order valence-corrected chi connectivity index (χ3v) is 4.37. The van der Waals surface area contributed by atoms with Crippen molar-refractivity contribution in [3.8, 4) is 5.75 Å². The molecule has 0 bridgehead atoms. The Morgan fingerprint density at radius 2 is 1.93 bits per heavy atom. The molecule has 0 aliphatic carbocycles. The van der Waals surface area contributed by atoms with Gasteiger partial charge in [-0.1, -0.05) is 24.3 Å². The van der Waals surface area contributed by atoms with Crippen molar-refractivity contribution in [1.29, 1.82) is 0 Å². The molecule has 7 heteroatoms. The topological polar surface area (TPSA) is 75.3 Å². The second-order valence-electron chi connectivity index (χ2n) is 6.32. The molecule has 0 radical (unpaired) electrons. The zero-order chi connectivity index (χ0) is 19.9. The van der Waals surface area contributed by atoms with Crippen LogP contribution < -0.4 is 10.3 Å². The lowest BCUT2D eigenvalue weighted by Crippen LogP contribution is -2.32. The van der Waals surface area contributed by atoms with Gasteiger partial charge in [0.2, 0.25) is 5.91 Å². The first-order valence-electron chi connectivity index (χ1n) is 9.21. The minimum Gasteiger partial charge on any atom is -0.491 e. The summed E-state index contributed by atoms with van der Waals surface area (Å²) in [5.74, 6) is 0.132. The van der Waals surface area contributed by atoms with E-state index in [-0.39, 0.29) is 36.8 Å². The maximum atomic E-state index is 13.5. The number of nitrogens with one attached hydrogen (secondary N) is 1. The highest BCUT2D eigenvalue weighted by atomic mass is 19.1. The molecule has 2 aromatic carbocycles. The summed E-state index contributed by atoms with van der Waals surface area (Å²) < 4.78 is 18.9. The Morgan fingerprint density at radius 1 is 1.18 bits per heavy atom. The molecule has 0 saturated heterocycles. The van der Waals surface area contributed by atoms with Crippen LogP contribution in [0.2, 0.25) is 0 Å². The predicted octanol–water partition coefficient (Wildman–Crippen LogP) is 3.27. The van der Waals surface area contributed by atoms with Gasteiger partial charge in [0.25, 0.3) is 5.56 Å². The number of para-hydroxylation sites is 2. The molecule has 0 unspecified atom stereocenters. The fourth-order valence-electron chi connectivity index (χ4n) is 2.89. The van der Waals surface area contributed by atoms with Crippen LogP contribution in [0, 0.1) is 5.82 Å². The summed E-state index contributed by atoms with van der Waals surface area (Å²) in [4.78, 5) is 33.4. The number of fused-ring (bicyclic) bond motifs is 1. The molecule has 1 N–H and O–H groups in total. The van der Waals surface area contributed by atoms with Gasteiger partial charge in [0.05, 0.1) is 24.1 Å². The monoisotopic (exact) mass is 383 g/mol. The second kappa shape index (κ2) is 9.12. The van der Waals surface area contributed by atoms with E-state index in [2.05, 4.69) is 9.97 Å². The quantitative estimate of drug-likeness (QED) is 0.606. The van der Waals surface area contributed by atoms with Gasteiger partial charge < -0.3 is 14.6 Å². The van der Waals surface area contributed by atoms with E-state index < -0.39 is 5.82 Å². The van der Waals surface area contributed by atoms with Crippen molar-refractivity contribution in [3.63, 3.8) is 0 Å². The van der Waals surface area contributed by atoms with Gasteiger partial charge in [0, 0.05) is 13.0 Å². The minimum atomic E-state index is -0.421. The molecular formula is C21H22FN3O3. The first-order valence-corrected chi connectivity index (χ1v) is 9.21. The number of aromatic amines is 1. The molecule has 3 aromatic rings. The van der Waals surface area contributed by atoms with Crippen LogP contribution in [0.1, 0.15) is 25.6 Å². The minimum absolute atomic E-state index is 0.0737. The van der Waals surface area contributed by atoms with Gasteiger partial charge >= 0.3 is 0 Å². The Balaban J connectivity index is 1.56. The highest BCUT2D eigenvalue weighted by Gasteiger charge is 2.14. The summed E-state index contributed by atoms with van der Waals surface area (Å²) in [6, 6.07) is 13.3. The zero-order valence-electron chi connectivity index (χ0n) is 15.7. The number of hydrogen-bond donors (Lipinski definition) is 1. The molecule has 0 spiro atoms. The van der Waals surface area contributed by atoms with Gasteiger partial charge in [-0.15, -0.1) is 0 Å². The number of H-pyrrole nitrogens is 1. The number of rotatable bonds is 8. The van der Waals surface area contributed by atoms with Crippen molar-refractivity contribution in [3.05, 3.63) is 70.5 Å². The summed E-state index contributed by atoms with van der Waals surface area (Å²) in [5.41, 5.74) is 0.380. The van der Waals surface area contributed by atoms with Gasteiger partial charge in [-0.25, -0.2) is 9.37 Å². The molecule has 0 aliphatic heterocycles. The van der Waals surface area contributed by atoms with Crippen LogP contribution in [0.25, 0.3) is 10.9 Å². The van der Waals surface area contributed by atoms with E-state index in [4.69, 9.17) is 4.74 Å². The lowest BCUT2D eigenvalue weighted by molar-refractivity contribution is -0.131. The fraction of sp³-hybridized carbons (Fsp3) is 0.286. The number of ether oxygens (including phenoxy) is 1. The number of nitrogens with zero attached hydrogens (tertiary/aromatic N) is 2. The van der Waals surface area contributed by atoms with Crippen LogP contribution in [0.15, 0.2) is 53.3 Å². The van der Waals surface area contributed by atoms with Gasteiger partial charge in [0.1, 0.15) is 5.82 Å². The van der Waals surface area contributed by atoms with Crippen molar-refractivity contribution in [2.45, 2.75) is 26.3 Å². The third-order valence-electron chi connectivity index (χ3n) is 4.37. The predicted molar refractivity (Wildman–Crippen MR) is 105 cm³/mol. The molecule has 28 heavy (non-hydrogen) atoms. The highest BCUT2D eigenvalue weighted by molar-refractivity contribution is 5.77. The summed E-state index contributed by atoms with van der Waals surface area (Å²) in [7, 11) is 0. The molecular weight excluding hydrogens is 361 g/mol. The molecule has 3 rings (SSSR count). The Labute approximate surface area is 162 Å². The van der Waals surface area contributed by atoms with E-state index in [1.54, 1.807) is 41.3 Å². The van der Waals surface area contributed by atoms with Crippen LogP contribution in [0.3, 0.4) is 0 Å². The fourth-order valence-corrected chi connectivity index (χ4v) is 2.89. The Bertz CT molecular complexity index is 1020. The van der Waals surface area contributed by atoms with E-state index in [1.807, 2.05) is 13.0 Å². The average Bonchev–Trinajstić information content (AvgIpc) is 2.70. The van der Waals surface area contributed by atoms with Crippen LogP contribution in [-0.2, 0) is 11.3 Å². The summed E-state index contributed by atoms with van der Waals surface area (Å²) in [6.07, 6.45) is 0.728. The van der Waals surface area contributed by atoms with Crippen LogP contribution >= 0.6 is 0 Å². The average molecular weight is 383 g/mol. The van der Waals surface area contributed by atoms with Crippen molar-refractivity contribution in [2.75, 3.05) is 13.2 Å². The van der Waals surface area contributed by atoms with Crippen LogP contribution in [0.4, 0.5) is 4.39 Å². The first-order chi connectivity index (χ1) is 13.6. The van der Waals surface area contributed by atoms with Crippen LogP contribution in [0.5, 0.6) is 5.75 Å². The molecule has 0 atom stereocenters. The lowest BCUT2D eigenvalue weighted by atomic mass is 10.2. The molecule has 6 nitrogen and oxygen atoms in total. The van der Waals surface area contributed by atoms with E-state index >= 15 is 0 Å². The standard InChI is InChI=1S/C21H22FN3O3/c1-2-25(14-19-23-17-10-5-3-8-15(17)21(27)24-19)20(26)12-7-13-28-18-11-6-4-9-16(18)22/h3-6,8-11H,2,7,12-14H2,1H3,(H,23,24,27). The number of carbonyl (C=O) groups excluding carboxylic acids is 1. The van der Waals surface area contributed by atoms with Gasteiger partial charge in [0.15, 0.2) is 11.6 Å². The molecule has 1 aromatic heterocycles. The largest absolute Gasteiger partial charge is 0.491 e. The summed E-state index contributed by atoms with van der Waals surface area (Å²) in [6.45, 7) is 2.83. The lowest BCUT2D eigenvalue weighted by Gasteiger charge is -2.20. The molecule has 0 aliphatic rings. The molecule has 146 valence electrons. The number of amides is 1. The van der Waals surface area contributed by atoms with Crippen molar-refractivity contribution in [1.82, 2.24) is 14.9 Å². The van der Waals surface area contributed by atoms with E-state index in [0.29, 0.717) is 29.7 Å². The van der Waals surface area contributed by atoms with Gasteiger partial charge in [-0.3, -0.25) is 9.59 Å². The van der Waals surface area contributed by atoms with Gasteiger partial charge in [-0.05, 0) is 37.6 Å². The van der Waals surface area contributed by atoms with E-state index in [9.17, 15) is 14.0 Å². The summed E-state index contributed by atoms with van der Waals surface area (Å²) >= 11 is 0. The molecule has 1 amide bonds. The maximum Gasteiger partial charge on any atom is 0.258 e.